The number of benzene rings is 1. The van der Waals surface area contributed by atoms with E-state index in [4.69, 9.17) is 73.2 Å². The number of hydrogen-bond acceptors (Lipinski definition) is 18. The predicted molar refractivity (Wildman–Crippen MR) is 218 cm³/mol. The van der Waals surface area contributed by atoms with Crippen molar-refractivity contribution in [1.29, 1.82) is 0 Å². The number of rotatable bonds is 48. The lowest BCUT2D eigenvalue weighted by molar-refractivity contribution is -0.393. The molecule has 0 aliphatic rings. The molecule has 0 radical (unpaired) electrons. The molecule has 0 aliphatic heterocycles. The molecule has 1 rings (SSSR count). The molecule has 0 heterocycles. The first-order valence-electron chi connectivity index (χ1n) is 20.3. The minimum atomic E-state index is -0.681. The number of ether oxygens (including phenoxy) is 13. The second kappa shape index (κ2) is 43.7. The van der Waals surface area contributed by atoms with Gasteiger partial charge >= 0.3 is 0 Å². The number of unbranched alkanes of at least 4 members (excludes halogenated alkanes) is 3. The fourth-order valence-electron chi connectivity index (χ4n) is 4.59. The van der Waals surface area contributed by atoms with Crippen LogP contribution < -0.4 is 5.32 Å². The number of nitrogens with one attached hydrogen (secondary N) is 1. The van der Waals surface area contributed by atoms with E-state index in [2.05, 4.69) is 5.32 Å². The Morgan fingerprint density at radius 3 is 1.02 bits per heavy atom. The molecule has 0 saturated heterocycles. The standard InChI is InChI=1S/C38H68ClN3O17/c39-7-3-1-2-4-9-47-11-13-49-15-17-51-19-21-53-23-25-55-27-29-57-31-33-59-34-32-58-30-28-56-26-24-54-22-20-52-18-16-50-14-12-48-10-8-40-37-6-5-36(41(43)44)35-38(37)42(45)46/h5-6,35,40H,1-4,7-34H2. The first kappa shape index (κ1) is 54.6. The normalized spacial score (nSPS) is 11.4. The highest BCUT2D eigenvalue weighted by Gasteiger charge is 2.19. The Morgan fingerprint density at radius 2 is 0.712 bits per heavy atom. The summed E-state index contributed by atoms with van der Waals surface area (Å²) in [4.78, 5) is 20.6. The highest BCUT2D eigenvalue weighted by atomic mass is 35.5. The van der Waals surface area contributed by atoms with Gasteiger partial charge in [0.25, 0.3) is 11.4 Å². The van der Waals surface area contributed by atoms with Crippen LogP contribution in [0.3, 0.4) is 0 Å². The zero-order chi connectivity index (χ0) is 42.5. The van der Waals surface area contributed by atoms with Crippen molar-refractivity contribution in [1.82, 2.24) is 0 Å². The molecule has 1 aromatic carbocycles. The summed E-state index contributed by atoms with van der Waals surface area (Å²) in [5, 5.41) is 24.8. The summed E-state index contributed by atoms with van der Waals surface area (Å²) < 4.78 is 71.2. The SMILES string of the molecule is O=[N+]([O-])c1ccc(NCCOCCOCCOCCOCCOCCOCCOCCOCCOCCOCCOCCOCCOCCCCCCCl)c([N+](=O)[O-])c1. The van der Waals surface area contributed by atoms with Crippen molar-refractivity contribution < 1.29 is 71.4 Å². The van der Waals surface area contributed by atoms with Gasteiger partial charge in [0, 0.05) is 25.1 Å². The van der Waals surface area contributed by atoms with Crippen molar-refractivity contribution in [2.75, 3.05) is 190 Å². The fourth-order valence-corrected chi connectivity index (χ4v) is 4.77. The monoisotopic (exact) mass is 873 g/mol. The average Bonchev–Trinajstić information content (AvgIpc) is 3.23. The van der Waals surface area contributed by atoms with Gasteiger partial charge in [-0.1, -0.05) is 12.8 Å². The van der Waals surface area contributed by atoms with Gasteiger partial charge in [-0.15, -0.1) is 11.6 Å². The Labute approximate surface area is 353 Å². The van der Waals surface area contributed by atoms with Crippen LogP contribution in [-0.4, -0.2) is 194 Å². The van der Waals surface area contributed by atoms with E-state index in [0.717, 1.165) is 44.2 Å². The Kier molecular flexibility index (Phi) is 40.4. The van der Waals surface area contributed by atoms with Crippen molar-refractivity contribution in [3.05, 3.63) is 38.4 Å². The minimum absolute atomic E-state index is 0.184. The molecule has 0 fully saturated rings. The van der Waals surface area contributed by atoms with Crippen molar-refractivity contribution >= 4 is 28.7 Å². The number of hydrogen-bond donors (Lipinski definition) is 1. The van der Waals surface area contributed by atoms with Gasteiger partial charge < -0.3 is 66.9 Å². The Hall–Kier alpha value is -2.41. The average molecular weight is 874 g/mol. The zero-order valence-electron chi connectivity index (χ0n) is 34.6. The van der Waals surface area contributed by atoms with E-state index in [1.807, 2.05) is 0 Å². The molecule has 20 nitrogen and oxygen atoms in total. The van der Waals surface area contributed by atoms with Crippen LogP contribution in [0.15, 0.2) is 18.2 Å². The second-order valence-electron chi connectivity index (χ2n) is 12.2. The van der Waals surface area contributed by atoms with Gasteiger partial charge in [0.05, 0.1) is 181 Å². The van der Waals surface area contributed by atoms with Gasteiger partial charge in [-0.25, -0.2) is 0 Å². The van der Waals surface area contributed by atoms with Crippen molar-refractivity contribution in [3.63, 3.8) is 0 Å². The maximum absolute atomic E-state index is 11.2. The lowest BCUT2D eigenvalue weighted by Gasteiger charge is -2.09. The summed E-state index contributed by atoms with van der Waals surface area (Å²) in [6.07, 6.45) is 4.45. The molecular weight excluding hydrogens is 806 g/mol. The highest BCUT2D eigenvalue weighted by Crippen LogP contribution is 2.28. The topological polar surface area (TPSA) is 218 Å². The third-order valence-corrected chi connectivity index (χ3v) is 7.85. The molecule has 0 spiro atoms. The maximum atomic E-state index is 11.2. The summed E-state index contributed by atoms with van der Waals surface area (Å²) in [6, 6.07) is 3.43. The minimum Gasteiger partial charge on any atom is -0.379 e. The molecule has 0 amide bonds. The molecule has 0 atom stereocenters. The summed E-state index contributed by atoms with van der Waals surface area (Å²) in [5.74, 6) is 0.734. The van der Waals surface area contributed by atoms with Crippen molar-refractivity contribution in [2.24, 2.45) is 0 Å². The van der Waals surface area contributed by atoms with Crippen LogP contribution in [0, 0.1) is 20.2 Å². The van der Waals surface area contributed by atoms with E-state index in [1.54, 1.807) is 0 Å². The van der Waals surface area contributed by atoms with E-state index in [0.29, 0.717) is 159 Å². The van der Waals surface area contributed by atoms with Crippen molar-refractivity contribution in [2.45, 2.75) is 25.7 Å². The lowest BCUT2D eigenvalue weighted by Crippen LogP contribution is -2.16. The summed E-state index contributed by atoms with van der Waals surface area (Å²) >= 11 is 5.66. The number of halogens is 1. The van der Waals surface area contributed by atoms with Crippen LogP contribution >= 0.6 is 11.6 Å². The molecular formula is C38H68ClN3O17. The zero-order valence-corrected chi connectivity index (χ0v) is 35.3. The second-order valence-corrected chi connectivity index (χ2v) is 12.6. The van der Waals surface area contributed by atoms with Crippen LogP contribution in [0.4, 0.5) is 17.1 Å². The number of non-ortho nitro benzene ring substituents is 1. The number of nitro groups is 2. The van der Waals surface area contributed by atoms with E-state index in [1.165, 1.54) is 12.1 Å². The Morgan fingerprint density at radius 1 is 0.407 bits per heavy atom. The maximum Gasteiger partial charge on any atom is 0.299 e. The number of nitrogens with zero attached hydrogens (tertiary/aromatic N) is 2. The van der Waals surface area contributed by atoms with E-state index in [9.17, 15) is 20.2 Å². The third-order valence-electron chi connectivity index (χ3n) is 7.59. The smallest absolute Gasteiger partial charge is 0.299 e. The van der Waals surface area contributed by atoms with Gasteiger partial charge in [0.2, 0.25) is 0 Å². The quantitative estimate of drug-likeness (QED) is 0.0424. The fraction of sp³-hybridized carbons (Fsp3) is 0.842. The molecule has 59 heavy (non-hydrogen) atoms. The lowest BCUT2D eigenvalue weighted by atomic mass is 10.2. The van der Waals surface area contributed by atoms with Crippen LogP contribution in [0.5, 0.6) is 0 Å². The van der Waals surface area contributed by atoms with Gasteiger partial charge in [-0.3, -0.25) is 20.2 Å². The number of anilines is 1. The van der Waals surface area contributed by atoms with Crippen LogP contribution in [0.2, 0.25) is 0 Å². The van der Waals surface area contributed by atoms with Crippen LogP contribution in [-0.2, 0) is 61.6 Å². The Bertz CT molecular complexity index is 1100. The van der Waals surface area contributed by atoms with E-state index >= 15 is 0 Å². The van der Waals surface area contributed by atoms with Crippen LogP contribution in [0.1, 0.15) is 25.7 Å². The van der Waals surface area contributed by atoms with Gasteiger partial charge in [-0.05, 0) is 18.9 Å². The molecule has 0 saturated carbocycles. The van der Waals surface area contributed by atoms with Gasteiger partial charge in [0.15, 0.2) is 0 Å². The molecule has 0 aliphatic carbocycles. The molecule has 1 N–H and O–H groups in total. The first-order valence-corrected chi connectivity index (χ1v) is 20.8. The number of alkyl halides is 1. The highest BCUT2D eigenvalue weighted by molar-refractivity contribution is 6.17. The summed E-state index contributed by atoms with van der Waals surface area (Å²) in [5.41, 5.74) is -0.531. The number of nitro benzene ring substituents is 2. The van der Waals surface area contributed by atoms with Gasteiger partial charge in [-0.2, -0.15) is 0 Å². The molecule has 1 aromatic rings. The first-order chi connectivity index (χ1) is 29.1. The molecule has 0 bridgehead atoms. The summed E-state index contributed by atoms with van der Waals surface area (Å²) in [6.45, 7) is 12.7. The van der Waals surface area contributed by atoms with E-state index < -0.39 is 9.85 Å². The van der Waals surface area contributed by atoms with E-state index in [-0.39, 0.29) is 30.2 Å². The molecule has 21 heteroatoms. The largest absolute Gasteiger partial charge is 0.379 e. The van der Waals surface area contributed by atoms with Gasteiger partial charge in [0.1, 0.15) is 5.69 Å². The molecule has 0 unspecified atom stereocenters. The molecule has 344 valence electrons. The molecule has 0 aromatic heterocycles. The summed E-state index contributed by atoms with van der Waals surface area (Å²) in [7, 11) is 0. The third kappa shape index (κ3) is 37.1. The van der Waals surface area contributed by atoms with Crippen molar-refractivity contribution in [3.8, 4) is 0 Å². The van der Waals surface area contributed by atoms with Crippen LogP contribution in [0.25, 0.3) is 0 Å². The Balaban J connectivity index is 1.67. The predicted octanol–water partition coefficient (Wildman–Crippen LogP) is 3.93.